The highest BCUT2D eigenvalue weighted by Crippen LogP contribution is 2.19. The van der Waals surface area contributed by atoms with Crippen molar-refractivity contribution in [3.63, 3.8) is 0 Å². The molecule has 0 unspecified atom stereocenters. The van der Waals surface area contributed by atoms with Crippen molar-refractivity contribution in [2.75, 3.05) is 18.0 Å². The van der Waals surface area contributed by atoms with E-state index < -0.39 is 0 Å². The van der Waals surface area contributed by atoms with Crippen LogP contribution in [0, 0.1) is 12.3 Å². The quantitative estimate of drug-likeness (QED) is 0.563. The van der Waals surface area contributed by atoms with Crippen molar-refractivity contribution in [3.8, 4) is 0 Å². The molecule has 1 aliphatic heterocycles. The molecule has 0 spiro atoms. The van der Waals surface area contributed by atoms with E-state index in [1.807, 2.05) is 19.1 Å². The smallest absolute Gasteiger partial charge is 0.129 e. The molecule has 0 bridgehead atoms. The molecule has 4 nitrogen and oxygen atoms in total. The predicted octanol–water partition coefficient (Wildman–Crippen LogP) is 1.27. The molecule has 3 N–H and O–H groups in total. The Morgan fingerprint density at radius 1 is 1.40 bits per heavy atom. The zero-order valence-electron chi connectivity index (χ0n) is 8.95. The lowest BCUT2D eigenvalue weighted by Gasteiger charge is -2.17. The number of aromatic nitrogens is 1. The van der Waals surface area contributed by atoms with Gasteiger partial charge in [0.25, 0.3) is 0 Å². The molecule has 1 fully saturated rings. The zero-order chi connectivity index (χ0) is 10.8. The van der Waals surface area contributed by atoms with Gasteiger partial charge in [-0.3, -0.25) is 5.41 Å². The molecule has 1 aliphatic rings. The lowest BCUT2D eigenvalue weighted by atomic mass is 10.2. The molecule has 15 heavy (non-hydrogen) atoms. The summed E-state index contributed by atoms with van der Waals surface area (Å²) in [5, 5.41) is 7.43. The summed E-state index contributed by atoms with van der Waals surface area (Å²) in [6.07, 6.45) is 2.45. The molecule has 0 saturated carbocycles. The zero-order valence-corrected chi connectivity index (χ0v) is 8.95. The normalized spacial score (nSPS) is 15.7. The van der Waals surface area contributed by atoms with Crippen LogP contribution in [0.2, 0.25) is 0 Å². The third-order valence-corrected chi connectivity index (χ3v) is 2.68. The lowest BCUT2D eigenvalue weighted by molar-refractivity contribution is 0.928. The number of nitrogens with two attached hydrogens (primary N) is 1. The second kappa shape index (κ2) is 3.88. The third-order valence-electron chi connectivity index (χ3n) is 2.68. The van der Waals surface area contributed by atoms with E-state index in [4.69, 9.17) is 11.1 Å². The van der Waals surface area contributed by atoms with E-state index in [9.17, 15) is 0 Å². The fourth-order valence-corrected chi connectivity index (χ4v) is 1.91. The van der Waals surface area contributed by atoms with E-state index >= 15 is 0 Å². The summed E-state index contributed by atoms with van der Waals surface area (Å²) in [4.78, 5) is 6.72. The second-order valence-corrected chi connectivity index (χ2v) is 3.96. The molecule has 0 amide bonds. The Labute approximate surface area is 89.6 Å². The Bertz CT molecular complexity index is 380. The van der Waals surface area contributed by atoms with Crippen LogP contribution in [0.3, 0.4) is 0 Å². The summed E-state index contributed by atoms with van der Waals surface area (Å²) in [5.41, 5.74) is 7.18. The number of nitrogen functional groups attached to an aromatic ring is 1. The predicted molar refractivity (Wildman–Crippen MR) is 61.4 cm³/mol. The first kappa shape index (κ1) is 9.96. The summed E-state index contributed by atoms with van der Waals surface area (Å²) in [6, 6.07) is 3.75. The average molecular weight is 204 g/mol. The number of amidine groups is 1. The molecule has 0 radical (unpaired) electrons. The van der Waals surface area contributed by atoms with Crippen molar-refractivity contribution in [1.29, 1.82) is 5.41 Å². The maximum atomic E-state index is 7.43. The van der Waals surface area contributed by atoms with Crippen molar-refractivity contribution < 1.29 is 0 Å². The van der Waals surface area contributed by atoms with Gasteiger partial charge in [-0.2, -0.15) is 0 Å². The first-order chi connectivity index (χ1) is 7.16. The lowest BCUT2D eigenvalue weighted by Crippen LogP contribution is -2.21. The first-order valence-corrected chi connectivity index (χ1v) is 5.25. The summed E-state index contributed by atoms with van der Waals surface area (Å²) < 4.78 is 0. The standard InChI is InChI=1S/C11H16N4/c1-8-6-9(11(12)13)7-10(14-8)15-4-2-3-5-15/h6-7H,2-5H2,1H3,(H3,12,13). The van der Waals surface area contributed by atoms with Gasteiger partial charge in [0, 0.05) is 24.3 Å². The molecule has 2 rings (SSSR count). The van der Waals surface area contributed by atoms with Gasteiger partial charge in [-0.15, -0.1) is 0 Å². The Kier molecular flexibility index (Phi) is 2.58. The highest BCUT2D eigenvalue weighted by molar-refractivity contribution is 5.95. The molecule has 0 aromatic carbocycles. The van der Waals surface area contributed by atoms with E-state index in [1.54, 1.807) is 0 Å². The highest BCUT2D eigenvalue weighted by atomic mass is 15.2. The van der Waals surface area contributed by atoms with Crippen LogP contribution in [0.25, 0.3) is 0 Å². The molecule has 0 aliphatic carbocycles. The molecule has 2 heterocycles. The number of aryl methyl sites for hydroxylation is 1. The van der Waals surface area contributed by atoms with Crippen molar-refractivity contribution in [2.45, 2.75) is 19.8 Å². The monoisotopic (exact) mass is 204 g/mol. The Morgan fingerprint density at radius 2 is 2.07 bits per heavy atom. The first-order valence-electron chi connectivity index (χ1n) is 5.25. The van der Waals surface area contributed by atoms with Crippen molar-refractivity contribution >= 4 is 11.7 Å². The van der Waals surface area contributed by atoms with Crippen LogP contribution < -0.4 is 10.6 Å². The van der Waals surface area contributed by atoms with E-state index in [0.29, 0.717) is 0 Å². The highest BCUT2D eigenvalue weighted by Gasteiger charge is 2.14. The van der Waals surface area contributed by atoms with Crippen LogP contribution >= 0.6 is 0 Å². The number of nitrogens with one attached hydrogen (secondary N) is 1. The number of hydrogen-bond acceptors (Lipinski definition) is 3. The molecule has 1 aromatic rings. The molecule has 80 valence electrons. The molecule has 1 saturated heterocycles. The third kappa shape index (κ3) is 2.09. The van der Waals surface area contributed by atoms with Crippen LogP contribution in [0.15, 0.2) is 12.1 Å². The summed E-state index contributed by atoms with van der Waals surface area (Å²) in [7, 11) is 0. The van der Waals surface area contributed by atoms with Crippen LogP contribution in [0.5, 0.6) is 0 Å². The maximum Gasteiger partial charge on any atom is 0.129 e. The largest absolute Gasteiger partial charge is 0.384 e. The number of rotatable bonds is 2. The number of nitrogens with zero attached hydrogens (tertiary/aromatic N) is 2. The van der Waals surface area contributed by atoms with Crippen LogP contribution in [0.4, 0.5) is 5.82 Å². The van der Waals surface area contributed by atoms with Gasteiger partial charge < -0.3 is 10.6 Å². The van der Waals surface area contributed by atoms with Gasteiger partial charge in [0.2, 0.25) is 0 Å². The van der Waals surface area contributed by atoms with Gasteiger partial charge in [-0.05, 0) is 31.9 Å². The number of pyridine rings is 1. The van der Waals surface area contributed by atoms with Gasteiger partial charge in [0.05, 0.1) is 0 Å². The van der Waals surface area contributed by atoms with Gasteiger partial charge in [0.15, 0.2) is 0 Å². The van der Waals surface area contributed by atoms with Gasteiger partial charge in [-0.1, -0.05) is 0 Å². The minimum Gasteiger partial charge on any atom is -0.384 e. The van der Waals surface area contributed by atoms with Crippen LogP contribution in [0.1, 0.15) is 24.1 Å². The van der Waals surface area contributed by atoms with Crippen LogP contribution in [-0.4, -0.2) is 23.9 Å². The summed E-state index contributed by atoms with van der Waals surface area (Å²) in [6.45, 7) is 4.06. The summed E-state index contributed by atoms with van der Waals surface area (Å²) >= 11 is 0. The Morgan fingerprint density at radius 3 is 2.67 bits per heavy atom. The van der Waals surface area contributed by atoms with E-state index in [0.717, 1.165) is 30.2 Å². The molecular formula is C11H16N4. The van der Waals surface area contributed by atoms with Gasteiger partial charge >= 0.3 is 0 Å². The number of anilines is 1. The molecule has 1 aromatic heterocycles. The molecule has 4 heteroatoms. The fraction of sp³-hybridized carbons (Fsp3) is 0.455. The molecule has 0 atom stereocenters. The van der Waals surface area contributed by atoms with Gasteiger partial charge in [0.1, 0.15) is 11.7 Å². The van der Waals surface area contributed by atoms with E-state index in [2.05, 4.69) is 9.88 Å². The number of hydrogen-bond donors (Lipinski definition) is 2. The SMILES string of the molecule is Cc1cc(C(=N)N)cc(N2CCCC2)n1. The van der Waals surface area contributed by atoms with Gasteiger partial charge in [-0.25, -0.2) is 4.98 Å². The van der Waals surface area contributed by atoms with Crippen molar-refractivity contribution in [2.24, 2.45) is 5.73 Å². The van der Waals surface area contributed by atoms with Crippen LogP contribution in [-0.2, 0) is 0 Å². The minimum absolute atomic E-state index is 0.112. The topological polar surface area (TPSA) is 66.0 Å². The second-order valence-electron chi connectivity index (χ2n) is 3.96. The van der Waals surface area contributed by atoms with E-state index in [1.165, 1.54) is 12.8 Å². The van der Waals surface area contributed by atoms with Crippen molar-refractivity contribution in [3.05, 3.63) is 23.4 Å². The minimum atomic E-state index is 0.112. The summed E-state index contributed by atoms with van der Waals surface area (Å²) in [5.74, 6) is 1.07. The Balaban J connectivity index is 2.34. The molecular weight excluding hydrogens is 188 g/mol. The maximum absolute atomic E-state index is 7.43. The Hall–Kier alpha value is -1.58. The fourth-order valence-electron chi connectivity index (χ4n) is 1.91. The average Bonchev–Trinajstić information content (AvgIpc) is 2.69. The van der Waals surface area contributed by atoms with Crippen molar-refractivity contribution in [1.82, 2.24) is 4.98 Å². The van der Waals surface area contributed by atoms with E-state index in [-0.39, 0.29) is 5.84 Å².